The lowest BCUT2D eigenvalue weighted by Gasteiger charge is -1.90. The van der Waals surface area contributed by atoms with Crippen LogP contribution in [0.1, 0.15) is 19.8 Å². The Morgan fingerprint density at radius 2 is 1.67 bits per heavy atom. The minimum atomic E-state index is 0. The second-order valence-corrected chi connectivity index (χ2v) is 2.87. The quantitative estimate of drug-likeness (QED) is 0.805. The SMILES string of the molecule is Br.CC(=O)CCCO.CN(C)C. The first-order valence-electron chi connectivity index (χ1n) is 3.72. The van der Waals surface area contributed by atoms with Gasteiger partial charge in [0.15, 0.2) is 0 Å². The number of carbonyl (C=O) groups is 1. The van der Waals surface area contributed by atoms with Crippen LogP contribution in [0, 0.1) is 0 Å². The maximum absolute atomic E-state index is 10.1. The van der Waals surface area contributed by atoms with Gasteiger partial charge in [0.2, 0.25) is 0 Å². The molecule has 0 spiro atoms. The number of ketones is 1. The summed E-state index contributed by atoms with van der Waals surface area (Å²) in [7, 11) is 6.00. The van der Waals surface area contributed by atoms with E-state index in [4.69, 9.17) is 5.11 Å². The van der Waals surface area contributed by atoms with E-state index in [-0.39, 0.29) is 29.4 Å². The number of rotatable bonds is 3. The molecule has 0 aromatic carbocycles. The van der Waals surface area contributed by atoms with Gasteiger partial charge in [-0.05, 0) is 34.5 Å². The summed E-state index contributed by atoms with van der Waals surface area (Å²) in [5.74, 6) is 0.147. The van der Waals surface area contributed by atoms with Crippen molar-refractivity contribution >= 4 is 22.8 Å². The van der Waals surface area contributed by atoms with Gasteiger partial charge in [0.1, 0.15) is 5.78 Å². The fraction of sp³-hybridized carbons (Fsp3) is 0.875. The molecule has 4 heteroatoms. The van der Waals surface area contributed by atoms with Crippen LogP contribution in [0.4, 0.5) is 0 Å². The van der Waals surface area contributed by atoms with Crippen molar-refractivity contribution in [3.63, 3.8) is 0 Å². The first-order valence-corrected chi connectivity index (χ1v) is 3.72. The molecular formula is C8H20BrNO2. The number of nitrogens with zero attached hydrogens (tertiary/aromatic N) is 1. The van der Waals surface area contributed by atoms with E-state index in [9.17, 15) is 4.79 Å². The van der Waals surface area contributed by atoms with Gasteiger partial charge in [-0.25, -0.2) is 0 Å². The van der Waals surface area contributed by atoms with E-state index in [2.05, 4.69) is 0 Å². The summed E-state index contributed by atoms with van der Waals surface area (Å²) in [5.41, 5.74) is 0. The number of halogens is 1. The predicted octanol–water partition coefficient (Wildman–Crippen LogP) is 1.10. The Morgan fingerprint density at radius 1 is 1.33 bits per heavy atom. The van der Waals surface area contributed by atoms with Crippen LogP contribution in [0.5, 0.6) is 0 Å². The third-order valence-electron chi connectivity index (χ3n) is 0.687. The van der Waals surface area contributed by atoms with Crippen LogP contribution in [-0.2, 0) is 4.79 Å². The van der Waals surface area contributed by atoms with Crippen molar-refractivity contribution in [2.24, 2.45) is 0 Å². The van der Waals surface area contributed by atoms with Gasteiger partial charge in [0.25, 0.3) is 0 Å². The molecule has 0 unspecified atom stereocenters. The van der Waals surface area contributed by atoms with Crippen LogP contribution in [0.25, 0.3) is 0 Å². The van der Waals surface area contributed by atoms with E-state index in [1.807, 2.05) is 26.0 Å². The molecule has 3 nitrogen and oxygen atoms in total. The summed E-state index contributed by atoms with van der Waals surface area (Å²) in [5, 5.41) is 8.16. The number of hydrogen-bond donors (Lipinski definition) is 1. The molecule has 1 N–H and O–H groups in total. The highest BCUT2D eigenvalue weighted by molar-refractivity contribution is 8.93. The fourth-order valence-electron chi connectivity index (χ4n) is 0.328. The number of Topliss-reactive ketones (excluding diaryl/α,β-unsaturated/α-hetero) is 1. The molecule has 0 saturated heterocycles. The van der Waals surface area contributed by atoms with E-state index < -0.39 is 0 Å². The lowest BCUT2D eigenvalue weighted by Crippen LogP contribution is -1.99. The van der Waals surface area contributed by atoms with Gasteiger partial charge in [-0.15, -0.1) is 17.0 Å². The summed E-state index contributed by atoms with van der Waals surface area (Å²) in [6.07, 6.45) is 1.12. The minimum Gasteiger partial charge on any atom is -0.396 e. The van der Waals surface area contributed by atoms with Crippen LogP contribution in [-0.4, -0.2) is 43.5 Å². The number of aliphatic hydroxyl groups is 1. The van der Waals surface area contributed by atoms with Crippen LogP contribution in [0.15, 0.2) is 0 Å². The van der Waals surface area contributed by atoms with E-state index in [1.165, 1.54) is 6.92 Å². The normalized spacial score (nSPS) is 8.17. The molecule has 0 aliphatic rings. The molecule has 0 saturated carbocycles. The van der Waals surface area contributed by atoms with Crippen molar-refractivity contribution in [2.75, 3.05) is 27.7 Å². The fourth-order valence-corrected chi connectivity index (χ4v) is 0.328. The lowest BCUT2D eigenvalue weighted by atomic mass is 10.2. The molecule has 0 fully saturated rings. The third kappa shape index (κ3) is 50.0. The lowest BCUT2D eigenvalue weighted by molar-refractivity contribution is -0.117. The molecule has 0 radical (unpaired) electrons. The number of carbonyl (C=O) groups excluding carboxylic acids is 1. The van der Waals surface area contributed by atoms with Crippen molar-refractivity contribution < 1.29 is 9.90 Å². The molecule has 0 aliphatic carbocycles. The molecule has 0 aliphatic heterocycles. The molecule has 76 valence electrons. The smallest absolute Gasteiger partial charge is 0.129 e. The average molecular weight is 242 g/mol. The Bertz CT molecular complexity index is 94.3. The molecule has 0 rings (SSSR count). The monoisotopic (exact) mass is 241 g/mol. The first-order chi connectivity index (χ1) is 5.00. The van der Waals surface area contributed by atoms with Crippen molar-refractivity contribution in [2.45, 2.75) is 19.8 Å². The van der Waals surface area contributed by atoms with Crippen molar-refractivity contribution in [3.05, 3.63) is 0 Å². The Morgan fingerprint density at radius 3 is 1.75 bits per heavy atom. The standard InChI is InChI=1S/C5H10O2.C3H9N.BrH/c1-5(7)3-2-4-6;1-4(2)3;/h6H,2-4H2,1H3;1-3H3;1H. The minimum absolute atomic E-state index is 0. The molecule has 0 aromatic rings. The average Bonchev–Trinajstić information content (AvgIpc) is 1.82. The molecule has 0 bridgehead atoms. The van der Waals surface area contributed by atoms with Gasteiger partial charge in [-0.1, -0.05) is 0 Å². The molecule has 0 atom stereocenters. The van der Waals surface area contributed by atoms with Crippen LogP contribution < -0.4 is 0 Å². The summed E-state index contributed by atoms with van der Waals surface area (Å²) < 4.78 is 0. The first kappa shape index (κ1) is 18.0. The van der Waals surface area contributed by atoms with Crippen LogP contribution >= 0.6 is 17.0 Å². The third-order valence-corrected chi connectivity index (χ3v) is 0.687. The summed E-state index contributed by atoms with van der Waals surface area (Å²) >= 11 is 0. The van der Waals surface area contributed by atoms with Crippen molar-refractivity contribution in [1.29, 1.82) is 0 Å². The van der Waals surface area contributed by atoms with Gasteiger partial charge in [0.05, 0.1) is 0 Å². The van der Waals surface area contributed by atoms with Gasteiger partial charge in [0, 0.05) is 13.0 Å². The van der Waals surface area contributed by atoms with E-state index in [0.717, 1.165) is 0 Å². The molecular weight excluding hydrogens is 222 g/mol. The van der Waals surface area contributed by atoms with E-state index >= 15 is 0 Å². The number of aliphatic hydroxyl groups excluding tert-OH is 1. The Labute approximate surface area is 85.5 Å². The predicted molar refractivity (Wildman–Crippen MR) is 56.9 cm³/mol. The molecule has 0 heterocycles. The van der Waals surface area contributed by atoms with Crippen molar-refractivity contribution in [1.82, 2.24) is 4.90 Å². The highest BCUT2D eigenvalue weighted by atomic mass is 79.9. The number of hydrogen-bond acceptors (Lipinski definition) is 3. The zero-order valence-electron chi connectivity index (χ0n) is 8.33. The second-order valence-electron chi connectivity index (χ2n) is 2.87. The van der Waals surface area contributed by atoms with Crippen LogP contribution in [0.2, 0.25) is 0 Å². The Balaban J connectivity index is -0.000000142. The largest absolute Gasteiger partial charge is 0.396 e. The van der Waals surface area contributed by atoms with E-state index in [0.29, 0.717) is 12.8 Å². The highest BCUT2D eigenvalue weighted by Gasteiger charge is 1.88. The maximum atomic E-state index is 10.1. The van der Waals surface area contributed by atoms with Gasteiger partial charge in [-0.3, -0.25) is 0 Å². The van der Waals surface area contributed by atoms with Gasteiger partial charge >= 0.3 is 0 Å². The van der Waals surface area contributed by atoms with E-state index in [1.54, 1.807) is 0 Å². The maximum Gasteiger partial charge on any atom is 0.129 e. The Kier molecular flexibility index (Phi) is 20.4. The molecule has 0 amide bonds. The zero-order chi connectivity index (χ0) is 9.28. The van der Waals surface area contributed by atoms with Gasteiger partial charge < -0.3 is 14.8 Å². The second kappa shape index (κ2) is 13.6. The Hall–Kier alpha value is 0.0700. The summed E-state index contributed by atoms with van der Waals surface area (Å²) in [6, 6.07) is 0. The zero-order valence-corrected chi connectivity index (χ0v) is 10.0. The van der Waals surface area contributed by atoms with Gasteiger partial charge in [-0.2, -0.15) is 0 Å². The topological polar surface area (TPSA) is 40.5 Å². The molecule has 12 heavy (non-hydrogen) atoms. The van der Waals surface area contributed by atoms with Crippen LogP contribution in [0.3, 0.4) is 0 Å². The van der Waals surface area contributed by atoms with Crippen molar-refractivity contribution in [3.8, 4) is 0 Å². The summed E-state index contributed by atoms with van der Waals surface area (Å²) in [4.78, 5) is 12.1. The molecule has 0 aromatic heterocycles. The highest BCUT2D eigenvalue weighted by Crippen LogP contribution is 1.85. The summed E-state index contributed by atoms with van der Waals surface area (Å²) in [6.45, 7) is 1.65.